The van der Waals surface area contributed by atoms with E-state index in [1.165, 1.54) is 0 Å². The van der Waals surface area contributed by atoms with Gasteiger partial charge in [0, 0.05) is 12.3 Å². The molecule has 1 N–H and O–H groups in total. The molecule has 0 saturated heterocycles. The van der Waals surface area contributed by atoms with Crippen LogP contribution in [0, 0.1) is 5.92 Å². The van der Waals surface area contributed by atoms with Crippen LogP contribution in [-0.4, -0.2) is 18.1 Å². The second-order valence-corrected chi connectivity index (χ2v) is 7.80. The highest BCUT2D eigenvalue weighted by Crippen LogP contribution is 2.36. The van der Waals surface area contributed by atoms with Crippen LogP contribution in [0.4, 0.5) is 5.69 Å². The molecule has 150 valence electrons. The van der Waals surface area contributed by atoms with Gasteiger partial charge in [0.25, 0.3) is 5.91 Å². The largest absolute Gasteiger partial charge is 0.489 e. The van der Waals surface area contributed by atoms with E-state index in [0.717, 1.165) is 49.1 Å². The van der Waals surface area contributed by atoms with E-state index in [1.54, 1.807) is 0 Å². The molecule has 0 spiro atoms. The summed E-state index contributed by atoms with van der Waals surface area (Å²) in [7, 11) is 0. The Balaban J connectivity index is 1.60. The van der Waals surface area contributed by atoms with Gasteiger partial charge >= 0.3 is 0 Å². The smallest absolute Gasteiger partial charge is 0.256 e. The molecule has 3 rings (SSSR count). The van der Waals surface area contributed by atoms with Crippen LogP contribution in [0.2, 0.25) is 0 Å². The van der Waals surface area contributed by atoms with Gasteiger partial charge in [0.2, 0.25) is 0 Å². The van der Waals surface area contributed by atoms with Gasteiger partial charge in [0.15, 0.2) is 0 Å². The van der Waals surface area contributed by atoms with Crippen LogP contribution in [0.25, 0.3) is 0 Å². The molecule has 0 bridgehead atoms. The molecule has 4 heteroatoms. The van der Waals surface area contributed by atoms with Crippen LogP contribution in [0.3, 0.4) is 0 Å². The first-order chi connectivity index (χ1) is 13.6. The number of amides is 1. The molecule has 4 nitrogen and oxygen atoms in total. The molecule has 1 saturated carbocycles. The number of hydrogen-bond acceptors (Lipinski definition) is 3. The zero-order valence-corrected chi connectivity index (χ0v) is 16.9. The van der Waals surface area contributed by atoms with E-state index in [1.807, 2.05) is 54.6 Å². The highest BCUT2D eigenvalue weighted by atomic mass is 16.5. The van der Waals surface area contributed by atoms with Gasteiger partial charge in [-0.25, -0.2) is 0 Å². The number of nitrogens with one attached hydrogen (secondary N) is 1. The number of rotatable bonds is 8. The number of hydrogen-bond donors (Lipinski definition) is 1. The summed E-state index contributed by atoms with van der Waals surface area (Å²) in [5.41, 5.74) is 1.20. The van der Waals surface area contributed by atoms with Crippen LogP contribution >= 0.6 is 0 Å². The molecular weight excluding hydrogens is 350 g/mol. The molecule has 1 aliphatic rings. The normalized spacial score (nSPS) is 21.9. The fraction of sp³-hybridized carbons (Fsp3) is 0.458. The van der Waals surface area contributed by atoms with Gasteiger partial charge in [-0.3, -0.25) is 4.79 Å². The summed E-state index contributed by atoms with van der Waals surface area (Å²) in [6, 6.07) is 17.6. The summed E-state index contributed by atoms with van der Waals surface area (Å²) >= 11 is 0. The molecule has 1 amide bonds. The molecule has 28 heavy (non-hydrogen) atoms. The van der Waals surface area contributed by atoms with Crippen molar-refractivity contribution in [2.75, 3.05) is 11.9 Å². The van der Waals surface area contributed by atoms with Crippen molar-refractivity contribution < 1.29 is 14.3 Å². The van der Waals surface area contributed by atoms with Crippen molar-refractivity contribution in [3.63, 3.8) is 0 Å². The highest BCUT2D eigenvalue weighted by molar-refractivity contribution is 5.97. The maximum atomic E-state index is 13.1. The average Bonchev–Trinajstić information content (AvgIpc) is 2.72. The Bertz CT molecular complexity index is 744. The fourth-order valence-electron chi connectivity index (χ4n) is 3.82. The average molecular weight is 382 g/mol. The van der Waals surface area contributed by atoms with E-state index in [2.05, 4.69) is 19.2 Å². The summed E-state index contributed by atoms with van der Waals surface area (Å²) in [4.78, 5) is 13.1. The fourth-order valence-corrected chi connectivity index (χ4v) is 3.82. The van der Waals surface area contributed by atoms with Crippen molar-refractivity contribution >= 4 is 11.6 Å². The van der Waals surface area contributed by atoms with Crippen LogP contribution in [0.5, 0.6) is 5.75 Å². The monoisotopic (exact) mass is 381 g/mol. The molecule has 2 aromatic rings. The first-order valence-corrected chi connectivity index (χ1v) is 10.3. The van der Waals surface area contributed by atoms with Gasteiger partial charge in [-0.05, 0) is 61.4 Å². The predicted molar refractivity (Wildman–Crippen MR) is 112 cm³/mol. The predicted octanol–water partition coefficient (Wildman–Crippen LogP) is 5.58. The third-order valence-electron chi connectivity index (χ3n) is 5.31. The van der Waals surface area contributed by atoms with Crippen molar-refractivity contribution in [2.45, 2.75) is 58.2 Å². The Morgan fingerprint density at radius 1 is 1.14 bits per heavy atom. The lowest BCUT2D eigenvalue weighted by Gasteiger charge is -2.38. The third-order valence-corrected chi connectivity index (χ3v) is 5.31. The summed E-state index contributed by atoms with van der Waals surface area (Å²) in [6.45, 7) is 5.42. The van der Waals surface area contributed by atoms with E-state index < -0.39 is 5.60 Å². The standard InChI is InChI=1S/C24H31NO3/c1-3-16-28-24(15-7-8-19(2)17-24)23(26)25-21-11-13-22(14-12-21)27-18-20-9-5-4-6-10-20/h4-6,9-14,19H,3,7-8,15-18H2,1-2H3,(H,25,26). The molecule has 0 heterocycles. The Hall–Kier alpha value is -2.33. The topological polar surface area (TPSA) is 47.6 Å². The van der Waals surface area contributed by atoms with E-state index in [9.17, 15) is 4.79 Å². The molecule has 2 aromatic carbocycles. The Labute approximate surface area is 168 Å². The molecule has 1 aliphatic carbocycles. The van der Waals surface area contributed by atoms with Gasteiger partial charge in [0.1, 0.15) is 18.0 Å². The summed E-state index contributed by atoms with van der Waals surface area (Å²) in [5, 5.41) is 3.06. The molecular formula is C24H31NO3. The SMILES string of the molecule is CCCOC1(C(=O)Nc2ccc(OCc3ccccc3)cc2)CCCC(C)C1. The van der Waals surface area contributed by atoms with Gasteiger partial charge < -0.3 is 14.8 Å². The molecule has 1 fully saturated rings. The summed E-state index contributed by atoms with van der Waals surface area (Å²) in [6.07, 6.45) is 4.69. The molecule has 2 atom stereocenters. The lowest BCUT2D eigenvalue weighted by molar-refractivity contribution is -0.148. The summed E-state index contributed by atoms with van der Waals surface area (Å²) < 4.78 is 11.9. The number of ether oxygens (including phenoxy) is 2. The number of carbonyl (C=O) groups is 1. The van der Waals surface area contributed by atoms with Crippen molar-refractivity contribution in [3.8, 4) is 5.75 Å². The number of anilines is 1. The summed E-state index contributed by atoms with van der Waals surface area (Å²) in [5.74, 6) is 1.26. The van der Waals surface area contributed by atoms with Gasteiger partial charge in [-0.15, -0.1) is 0 Å². The second kappa shape index (κ2) is 9.74. The third kappa shape index (κ3) is 5.35. The van der Waals surface area contributed by atoms with Crippen LogP contribution in [0.15, 0.2) is 54.6 Å². The van der Waals surface area contributed by atoms with Crippen molar-refractivity contribution in [1.82, 2.24) is 0 Å². The molecule has 0 radical (unpaired) electrons. The highest BCUT2D eigenvalue weighted by Gasteiger charge is 2.42. The number of benzene rings is 2. The Morgan fingerprint density at radius 3 is 2.57 bits per heavy atom. The van der Waals surface area contributed by atoms with E-state index in [4.69, 9.17) is 9.47 Å². The van der Waals surface area contributed by atoms with Crippen molar-refractivity contribution in [3.05, 3.63) is 60.2 Å². The lowest BCUT2D eigenvalue weighted by atomic mass is 9.78. The van der Waals surface area contributed by atoms with E-state index in [-0.39, 0.29) is 5.91 Å². The molecule has 0 aliphatic heterocycles. The molecule has 0 aromatic heterocycles. The quantitative estimate of drug-likeness (QED) is 0.649. The van der Waals surface area contributed by atoms with Crippen LogP contribution in [0.1, 0.15) is 51.5 Å². The minimum Gasteiger partial charge on any atom is -0.489 e. The maximum absolute atomic E-state index is 13.1. The minimum atomic E-state index is -0.698. The zero-order valence-electron chi connectivity index (χ0n) is 16.9. The first-order valence-electron chi connectivity index (χ1n) is 10.3. The number of carbonyl (C=O) groups excluding carboxylic acids is 1. The molecule has 2 unspecified atom stereocenters. The van der Waals surface area contributed by atoms with Crippen LogP contribution in [-0.2, 0) is 16.1 Å². The van der Waals surface area contributed by atoms with Gasteiger partial charge in [-0.2, -0.15) is 0 Å². The maximum Gasteiger partial charge on any atom is 0.256 e. The second-order valence-electron chi connectivity index (χ2n) is 7.80. The van der Waals surface area contributed by atoms with Crippen molar-refractivity contribution in [2.24, 2.45) is 5.92 Å². The first kappa shape index (κ1) is 20.4. The van der Waals surface area contributed by atoms with E-state index in [0.29, 0.717) is 19.1 Å². The Kier molecular flexibility index (Phi) is 7.10. The van der Waals surface area contributed by atoms with Gasteiger partial charge in [-0.1, -0.05) is 50.6 Å². The van der Waals surface area contributed by atoms with Gasteiger partial charge in [0.05, 0.1) is 0 Å². The van der Waals surface area contributed by atoms with Crippen LogP contribution < -0.4 is 10.1 Å². The minimum absolute atomic E-state index is 0.0227. The Morgan fingerprint density at radius 2 is 1.89 bits per heavy atom. The van der Waals surface area contributed by atoms with Crippen molar-refractivity contribution in [1.29, 1.82) is 0 Å². The van der Waals surface area contributed by atoms with E-state index >= 15 is 0 Å². The lowest BCUT2D eigenvalue weighted by Crippen LogP contribution is -2.48. The zero-order chi connectivity index (χ0) is 19.8.